The standard InChI is InChI=1S/C12H13ClN2S/c1-8-2-3-10(11(13)6-8)12(15-14)9-4-5-16-7-9/h2-7,12,15H,14H2,1H3. The van der Waals surface area contributed by atoms with Crippen LogP contribution in [0.3, 0.4) is 0 Å². The van der Waals surface area contributed by atoms with Gasteiger partial charge < -0.3 is 0 Å². The van der Waals surface area contributed by atoms with E-state index in [0.717, 1.165) is 21.7 Å². The van der Waals surface area contributed by atoms with E-state index in [0.29, 0.717) is 0 Å². The quantitative estimate of drug-likeness (QED) is 0.650. The molecule has 1 heterocycles. The maximum Gasteiger partial charge on any atom is 0.0732 e. The van der Waals surface area contributed by atoms with E-state index < -0.39 is 0 Å². The summed E-state index contributed by atoms with van der Waals surface area (Å²) in [6, 6.07) is 8.01. The van der Waals surface area contributed by atoms with Crippen molar-refractivity contribution >= 4 is 22.9 Å². The minimum absolute atomic E-state index is 0.0423. The van der Waals surface area contributed by atoms with Gasteiger partial charge >= 0.3 is 0 Å². The Labute approximate surface area is 104 Å². The number of rotatable bonds is 3. The second kappa shape index (κ2) is 4.97. The Morgan fingerprint density at radius 2 is 2.19 bits per heavy atom. The fourth-order valence-corrected chi connectivity index (χ4v) is 2.70. The summed E-state index contributed by atoms with van der Waals surface area (Å²) in [5.74, 6) is 5.60. The van der Waals surface area contributed by atoms with Gasteiger partial charge in [-0.2, -0.15) is 11.3 Å². The van der Waals surface area contributed by atoms with Crippen molar-refractivity contribution in [2.75, 3.05) is 0 Å². The molecule has 1 aromatic carbocycles. The van der Waals surface area contributed by atoms with Crippen molar-refractivity contribution in [2.24, 2.45) is 5.84 Å². The predicted molar refractivity (Wildman–Crippen MR) is 69.7 cm³/mol. The van der Waals surface area contributed by atoms with E-state index >= 15 is 0 Å². The van der Waals surface area contributed by atoms with Crippen LogP contribution in [-0.4, -0.2) is 0 Å². The first-order valence-electron chi connectivity index (χ1n) is 4.96. The third kappa shape index (κ3) is 2.28. The second-order valence-electron chi connectivity index (χ2n) is 3.68. The summed E-state index contributed by atoms with van der Waals surface area (Å²) < 4.78 is 0. The van der Waals surface area contributed by atoms with Gasteiger partial charge in [0.25, 0.3) is 0 Å². The average Bonchev–Trinajstić information content (AvgIpc) is 2.75. The summed E-state index contributed by atoms with van der Waals surface area (Å²) in [5, 5.41) is 4.84. The first-order valence-corrected chi connectivity index (χ1v) is 6.28. The van der Waals surface area contributed by atoms with Crippen molar-refractivity contribution in [3.05, 3.63) is 56.7 Å². The van der Waals surface area contributed by atoms with E-state index in [2.05, 4.69) is 10.8 Å². The molecule has 0 bridgehead atoms. The highest BCUT2D eigenvalue weighted by molar-refractivity contribution is 7.08. The van der Waals surface area contributed by atoms with Gasteiger partial charge in [-0.25, -0.2) is 5.43 Å². The van der Waals surface area contributed by atoms with Crippen LogP contribution in [0, 0.1) is 6.92 Å². The van der Waals surface area contributed by atoms with Crippen molar-refractivity contribution in [1.82, 2.24) is 5.43 Å². The zero-order chi connectivity index (χ0) is 11.5. The molecule has 1 unspecified atom stereocenters. The van der Waals surface area contributed by atoms with Crippen LogP contribution in [-0.2, 0) is 0 Å². The lowest BCUT2D eigenvalue weighted by Gasteiger charge is -2.17. The molecule has 2 aromatic rings. The minimum Gasteiger partial charge on any atom is -0.271 e. The number of hydrogen-bond acceptors (Lipinski definition) is 3. The molecule has 0 aliphatic carbocycles. The molecule has 3 N–H and O–H groups in total. The van der Waals surface area contributed by atoms with Gasteiger partial charge in [0.2, 0.25) is 0 Å². The van der Waals surface area contributed by atoms with E-state index in [1.165, 1.54) is 0 Å². The zero-order valence-electron chi connectivity index (χ0n) is 8.91. The Balaban J connectivity index is 2.41. The molecule has 1 aromatic heterocycles. The van der Waals surface area contributed by atoms with Crippen LogP contribution < -0.4 is 11.3 Å². The molecular weight excluding hydrogens is 240 g/mol. The van der Waals surface area contributed by atoms with Crippen LogP contribution in [0.15, 0.2) is 35.0 Å². The Morgan fingerprint density at radius 1 is 1.38 bits per heavy atom. The summed E-state index contributed by atoms with van der Waals surface area (Å²) in [6.45, 7) is 2.02. The number of hydrazine groups is 1. The monoisotopic (exact) mass is 252 g/mol. The molecule has 0 aliphatic rings. The number of hydrogen-bond donors (Lipinski definition) is 2. The van der Waals surface area contributed by atoms with Crippen LogP contribution >= 0.6 is 22.9 Å². The van der Waals surface area contributed by atoms with Crippen LogP contribution in [0.2, 0.25) is 5.02 Å². The molecule has 0 aliphatic heterocycles. The predicted octanol–water partition coefficient (Wildman–Crippen LogP) is 3.26. The lowest BCUT2D eigenvalue weighted by molar-refractivity contribution is 0.639. The van der Waals surface area contributed by atoms with E-state index in [9.17, 15) is 0 Å². The lowest BCUT2D eigenvalue weighted by Crippen LogP contribution is -2.28. The second-order valence-corrected chi connectivity index (χ2v) is 4.87. The van der Waals surface area contributed by atoms with Crippen LogP contribution in [0.5, 0.6) is 0 Å². The molecule has 2 rings (SSSR count). The molecule has 84 valence electrons. The molecule has 0 amide bonds. The number of halogens is 1. The number of nitrogens with two attached hydrogens (primary N) is 1. The van der Waals surface area contributed by atoms with E-state index in [1.54, 1.807) is 11.3 Å². The highest BCUT2D eigenvalue weighted by Gasteiger charge is 2.15. The Hall–Kier alpha value is -0.870. The first-order chi connectivity index (χ1) is 7.72. The molecular formula is C12H13ClN2S. The number of benzene rings is 1. The SMILES string of the molecule is Cc1ccc(C(NN)c2ccsc2)c(Cl)c1. The third-order valence-corrected chi connectivity index (χ3v) is 3.54. The largest absolute Gasteiger partial charge is 0.271 e. The molecule has 0 spiro atoms. The summed E-state index contributed by atoms with van der Waals surface area (Å²) in [6.07, 6.45) is 0. The van der Waals surface area contributed by atoms with Crippen molar-refractivity contribution in [3.8, 4) is 0 Å². The summed E-state index contributed by atoms with van der Waals surface area (Å²) >= 11 is 7.88. The molecule has 4 heteroatoms. The Morgan fingerprint density at radius 3 is 2.75 bits per heavy atom. The molecule has 0 saturated heterocycles. The Bertz CT molecular complexity index is 468. The fourth-order valence-electron chi connectivity index (χ4n) is 1.67. The smallest absolute Gasteiger partial charge is 0.0732 e. The zero-order valence-corrected chi connectivity index (χ0v) is 10.5. The van der Waals surface area contributed by atoms with Gasteiger partial charge in [0, 0.05) is 5.02 Å². The van der Waals surface area contributed by atoms with Gasteiger partial charge in [-0.05, 0) is 46.5 Å². The van der Waals surface area contributed by atoms with E-state index in [4.69, 9.17) is 17.4 Å². The highest BCUT2D eigenvalue weighted by Crippen LogP contribution is 2.29. The van der Waals surface area contributed by atoms with Crippen LogP contribution in [0.1, 0.15) is 22.7 Å². The Kier molecular flexibility index (Phi) is 3.61. The van der Waals surface area contributed by atoms with Gasteiger partial charge in [0.1, 0.15) is 0 Å². The maximum atomic E-state index is 6.23. The first kappa shape index (κ1) is 11.6. The topological polar surface area (TPSA) is 38.0 Å². The van der Waals surface area contributed by atoms with E-state index in [1.807, 2.05) is 36.6 Å². The van der Waals surface area contributed by atoms with E-state index in [-0.39, 0.29) is 6.04 Å². The van der Waals surface area contributed by atoms with Gasteiger partial charge in [0.05, 0.1) is 6.04 Å². The fraction of sp³-hybridized carbons (Fsp3) is 0.167. The normalized spacial score (nSPS) is 12.7. The third-order valence-electron chi connectivity index (χ3n) is 2.51. The molecule has 1 atom stereocenters. The summed E-state index contributed by atoms with van der Waals surface area (Å²) in [4.78, 5) is 0. The van der Waals surface area contributed by atoms with Gasteiger partial charge in [-0.1, -0.05) is 23.7 Å². The maximum absolute atomic E-state index is 6.23. The van der Waals surface area contributed by atoms with Crippen molar-refractivity contribution in [2.45, 2.75) is 13.0 Å². The number of nitrogens with one attached hydrogen (secondary N) is 1. The molecule has 0 fully saturated rings. The van der Waals surface area contributed by atoms with Gasteiger partial charge in [-0.3, -0.25) is 5.84 Å². The summed E-state index contributed by atoms with van der Waals surface area (Å²) in [5.41, 5.74) is 6.10. The molecule has 0 saturated carbocycles. The van der Waals surface area contributed by atoms with Crippen molar-refractivity contribution < 1.29 is 0 Å². The molecule has 2 nitrogen and oxygen atoms in total. The van der Waals surface area contributed by atoms with Crippen LogP contribution in [0.4, 0.5) is 0 Å². The average molecular weight is 253 g/mol. The number of aryl methyl sites for hydroxylation is 1. The molecule has 16 heavy (non-hydrogen) atoms. The lowest BCUT2D eigenvalue weighted by atomic mass is 10.0. The molecule has 0 radical (unpaired) electrons. The van der Waals surface area contributed by atoms with Gasteiger partial charge in [0.15, 0.2) is 0 Å². The van der Waals surface area contributed by atoms with Crippen molar-refractivity contribution in [1.29, 1.82) is 0 Å². The van der Waals surface area contributed by atoms with Crippen LogP contribution in [0.25, 0.3) is 0 Å². The highest BCUT2D eigenvalue weighted by atomic mass is 35.5. The van der Waals surface area contributed by atoms with Crippen molar-refractivity contribution in [3.63, 3.8) is 0 Å². The number of thiophene rings is 1. The summed E-state index contributed by atoms with van der Waals surface area (Å²) in [7, 11) is 0. The minimum atomic E-state index is -0.0423. The van der Waals surface area contributed by atoms with Gasteiger partial charge in [-0.15, -0.1) is 0 Å².